The van der Waals surface area contributed by atoms with Crippen molar-refractivity contribution in [2.45, 2.75) is 45.6 Å². The molecule has 1 aliphatic rings. The van der Waals surface area contributed by atoms with Crippen molar-refractivity contribution in [2.24, 2.45) is 5.41 Å². The highest BCUT2D eigenvalue weighted by Gasteiger charge is 2.28. The molecule has 1 fully saturated rings. The fourth-order valence-corrected chi connectivity index (χ4v) is 2.79. The van der Waals surface area contributed by atoms with Crippen LogP contribution >= 0.6 is 0 Å². The molecule has 1 aromatic rings. The predicted octanol–water partition coefficient (Wildman–Crippen LogP) is 3.24. The second-order valence-corrected chi connectivity index (χ2v) is 6.03. The molecular formula is C14H18N4O2. The lowest BCUT2D eigenvalue weighted by Crippen LogP contribution is -2.32. The van der Waals surface area contributed by atoms with Crippen LogP contribution in [0.2, 0.25) is 0 Å². The molecule has 0 radical (unpaired) electrons. The van der Waals surface area contributed by atoms with E-state index in [1.165, 1.54) is 12.5 Å². The van der Waals surface area contributed by atoms with Crippen LogP contribution in [0.1, 0.15) is 45.2 Å². The number of rotatable bonds is 3. The molecule has 0 aromatic carbocycles. The van der Waals surface area contributed by atoms with Crippen molar-refractivity contribution in [3.63, 3.8) is 0 Å². The first-order valence-corrected chi connectivity index (χ1v) is 6.73. The zero-order valence-electron chi connectivity index (χ0n) is 11.7. The maximum absolute atomic E-state index is 10.8. The van der Waals surface area contributed by atoms with Crippen LogP contribution in [0, 0.1) is 26.9 Å². The summed E-state index contributed by atoms with van der Waals surface area (Å²) in [5.41, 5.74) is -0.0912. The normalized spacial score (nSPS) is 20.9. The minimum absolute atomic E-state index is 0.143. The van der Waals surface area contributed by atoms with Crippen LogP contribution in [0.4, 0.5) is 11.5 Å². The van der Waals surface area contributed by atoms with Crippen molar-refractivity contribution in [3.05, 3.63) is 27.9 Å². The SMILES string of the molecule is CC1(C)CCCC(Nc2ccc([N+](=O)[O-])c(C#N)n2)C1. The summed E-state index contributed by atoms with van der Waals surface area (Å²) in [5, 5.41) is 23.0. The third-order valence-corrected chi connectivity index (χ3v) is 3.73. The Morgan fingerprint density at radius 2 is 2.30 bits per heavy atom. The molecule has 1 heterocycles. The lowest BCUT2D eigenvalue weighted by atomic mass is 9.75. The number of hydrogen-bond acceptors (Lipinski definition) is 5. The molecular weight excluding hydrogens is 256 g/mol. The van der Waals surface area contributed by atoms with Gasteiger partial charge in [0.1, 0.15) is 11.9 Å². The molecule has 0 spiro atoms. The van der Waals surface area contributed by atoms with Gasteiger partial charge in [0, 0.05) is 12.1 Å². The first kappa shape index (κ1) is 14.3. The number of nitrogens with zero attached hydrogens (tertiary/aromatic N) is 3. The highest BCUT2D eigenvalue weighted by Crippen LogP contribution is 2.36. The lowest BCUT2D eigenvalue weighted by Gasteiger charge is -2.35. The van der Waals surface area contributed by atoms with E-state index in [0.717, 1.165) is 19.3 Å². The molecule has 1 aliphatic carbocycles. The van der Waals surface area contributed by atoms with Crippen LogP contribution in [-0.4, -0.2) is 15.9 Å². The summed E-state index contributed by atoms with van der Waals surface area (Å²) in [4.78, 5) is 14.2. The highest BCUT2D eigenvalue weighted by atomic mass is 16.6. The van der Waals surface area contributed by atoms with Crippen LogP contribution in [0.15, 0.2) is 12.1 Å². The Hall–Kier alpha value is -2.16. The molecule has 1 unspecified atom stereocenters. The average Bonchev–Trinajstić information content (AvgIpc) is 2.37. The average molecular weight is 274 g/mol. The van der Waals surface area contributed by atoms with E-state index in [4.69, 9.17) is 5.26 Å². The molecule has 1 N–H and O–H groups in total. The third-order valence-electron chi connectivity index (χ3n) is 3.73. The van der Waals surface area contributed by atoms with E-state index in [2.05, 4.69) is 24.1 Å². The summed E-state index contributed by atoms with van der Waals surface area (Å²) in [5.74, 6) is 0.537. The van der Waals surface area contributed by atoms with Crippen LogP contribution in [0.3, 0.4) is 0 Å². The number of aromatic nitrogens is 1. The maximum Gasteiger partial charge on any atom is 0.305 e. The van der Waals surface area contributed by atoms with E-state index in [1.54, 1.807) is 12.1 Å². The Balaban J connectivity index is 2.14. The Labute approximate surface area is 118 Å². The monoisotopic (exact) mass is 274 g/mol. The highest BCUT2D eigenvalue weighted by molar-refractivity contribution is 5.50. The number of nitriles is 1. The van der Waals surface area contributed by atoms with Crippen molar-refractivity contribution >= 4 is 11.5 Å². The Morgan fingerprint density at radius 3 is 2.90 bits per heavy atom. The van der Waals surface area contributed by atoms with Crippen LogP contribution < -0.4 is 5.32 Å². The molecule has 0 saturated heterocycles. The topological polar surface area (TPSA) is 91.9 Å². The molecule has 1 aromatic heterocycles. The number of hydrogen-bond donors (Lipinski definition) is 1. The van der Waals surface area contributed by atoms with Crippen LogP contribution in [0.25, 0.3) is 0 Å². The smallest absolute Gasteiger partial charge is 0.305 e. The summed E-state index contributed by atoms with van der Waals surface area (Å²) in [6.07, 6.45) is 4.46. The molecule has 1 saturated carbocycles. The first-order chi connectivity index (χ1) is 9.41. The number of nitrogens with one attached hydrogen (secondary N) is 1. The van der Waals surface area contributed by atoms with Gasteiger partial charge in [0.25, 0.3) is 0 Å². The molecule has 0 amide bonds. The molecule has 6 heteroatoms. The zero-order valence-corrected chi connectivity index (χ0v) is 11.7. The Bertz CT molecular complexity index is 563. The van der Waals surface area contributed by atoms with Crippen molar-refractivity contribution in [2.75, 3.05) is 5.32 Å². The van der Waals surface area contributed by atoms with Gasteiger partial charge < -0.3 is 5.32 Å². The number of nitro groups is 1. The summed E-state index contributed by atoms with van der Waals surface area (Å²) >= 11 is 0. The number of anilines is 1. The Kier molecular flexibility index (Phi) is 3.89. The summed E-state index contributed by atoms with van der Waals surface area (Å²) in [7, 11) is 0. The van der Waals surface area contributed by atoms with E-state index in [9.17, 15) is 10.1 Å². The number of pyridine rings is 1. The van der Waals surface area contributed by atoms with Crippen molar-refractivity contribution in [3.8, 4) is 6.07 Å². The minimum atomic E-state index is -0.584. The standard InChI is InChI=1S/C14H18N4O2/c1-14(2)7-3-4-10(8-14)16-13-6-5-12(18(19)20)11(9-15)17-13/h5-6,10H,3-4,7-8H2,1-2H3,(H,16,17). The van der Waals surface area contributed by atoms with Gasteiger partial charge in [-0.1, -0.05) is 20.3 Å². The van der Waals surface area contributed by atoms with Crippen LogP contribution in [-0.2, 0) is 0 Å². The molecule has 20 heavy (non-hydrogen) atoms. The van der Waals surface area contributed by atoms with Gasteiger partial charge in [-0.05, 0) is 30.7 Å². The second-order valence-electron chi connectivity index (χ2n) is 6.03. The van der Waals surface area contributed by atoms with E-state index in [1.807, 2.05) is 0 Å². The maximum atomic E-state index is 10.8. The van der Waals surface area contributed by atoms with Gasteiger partial charge in [-0.3, -0.25) is 10.1 Å². The largest absolute Gasteiger partial charge is 0.367 e. The van der Waals surface area contributed by atoms with E-state index >= 15 is 0 Å². The molecule has 0 aliphatic heterocycles. The van der Waals surface area contributed by atoms with Crippen molar-refractivity contribution < 1.29 is 4.92 Å². The van der Waals surface area contributed by atoms with Gasteiger partial charge in [0.2, 0.25) is 5.69 Å². The van der Waals surface area contributed by atoms with E-state index < -0.39 is 4.92 Å². The van der Waals surface area contributed by atoms with Crippen molar-refractivity contribution in [1.29, 1.82) is 5.26 Å². The second kappa shape index (κ2) is 5.45. The zero-order chi connectivity index (χ0) is 14.8. The molecule has 106 valence electrons. The van der Waals surface area contributed by atoms with E-state index in [0.29, 0.717) is 17.3 Å². The van der Waals surface area contributed by atoms with Gasteiger partial charge in [-0.25, -0.2) is 4.98 Å². The Morgan fingerprint density at radius 1 is 1.55 bits per heavy atom. The summed E-state index contributed by atoms with van der Waals surface area (Å²) in [6, 6.07) is 4.99. The minimum Gasteiger partial charge on any atom is -0.367 e. The van der Waals surface area contributed by atoms with Gasteiger partial charge >= 0.3 is 5.69 Å². The fraction of sp³-hybridized carbons (Fsp3) is 0.571. The fourth-order valence-electron chi connectivity index (χ4n) is 2.79. The molecule has 1 atom stereocenters. The predicted molar refractivity (Wildman–Crippen MR) is 75.3 cm³/mol. The lowest BCUT2D eigenvalue weighted by molar-refractivity contribution is -0.385. The quantitative estimate of drug-likeness (QED) is 0.674. The van der Waals surface area contributed by atoms with Crippen molar-refractivity contribution in [1.82, 2.24) is 4.98 Å². The van der Waals surface area contributed by atoms with Gasteiger partial charge in [0.05, 0.1) is 4.92 Å². The van der Waals surface area contributed by atoms with Gasteiger partial charge in [-0.2, -0.15) is 5.26 Å². The summed E-state index contributed by atoms with van der Waals surface area (Å²) in [6.45, 7) is 4.48. The van der Waals surface area contributed by atoms with Crippen LogP contribution in [0.5, 0.6) is 0 Å². The first-order valence-electron chi connectivity index (χ1n) is 6.73. The van der Waals surface area contributed by atoms with Gasteiger partial charge in [-0.15, -0.1) is 0 Å². The molecule has 6 nitrogen and oxygen atoms in total. The van der Waals surface area contributed by atoms with Gasteiger partial charge in [0.15, 0.2) is 0 Å². The third kappa shape index (κ3) is 3.23. The molecule has 2 rings (SSSR count). The summed E-state index contributed by atoms with van der Waals surface area (Å²) < 4.78 is 0. The van der Waals surface area contributed by atoms with E-state index in [-0.39, 0.29) is 11.4 Å². The molecule has 0 bridgehead atoms.